The normalized spacial score (nSPS) is 10.3. The highest BCUT2D eigenvalue weighted by molar-refractivity contribution is 5.64. The van der Waals surface area contributed by atoms with E-state index in [1.54, 1.807) is 12.1 Å². The van der Waals surface area contributed by atoms with Crippen LogP contribution in [0.5, 0.6) is 0 Å². The summed E-state index contributed by atoms with van der Waals surface area (Å²) in [7, 11) is 0. The van der Waals surface area contributed by atoms with Crippen LogP contribution >= 0.6 is 0 Å². The van der Waals surface area contributed by atoms with E-state index in [9.17, 15) is 0 Å². The minimum atomic E-state index is 0.652. The van der Waals surface area contributed by atoms with E-state index in [1.807, 2.05) is 24.5 Å². The monoisotopic (exact) mass is 313 g/mol. The summed E-state index contributed by atoms with van der Waals surface area (Å²) >= 11 is 0. The molecule has 0 spiro atoms. The first-order chi connectivity index (χ1) is 11.8. The maximum absolute atomic E-state index is 8.85. The Morgan fingerprint density at radius 3 is 2.04 bits per heavy atom. The fourth-order valence-corrected chi connectivity index (χ4v) is 2.56. The predicted octanol–water partition coefficient (Wildman–Crippen LogP) is 5.02. The van der Waals surface area contributed by atoms with E-state index < -0.39 is 0 Å². The number of unbranched alkanes of at least 4 members (excludes halogenated alkanes) is 1. The Morgan fingerprint density at radius 2 is 1.46 bits per heavy atom. The van der Waals surface area contributed by atoms with Crippen molar-refractivity contribution in [1.29, 1.82) is 5.26 Å². The Labute approximate surface area is 142 Å². The lowest BCUT2D eigenvalue weighted by molar-refractivity contribution is 0.795. The van der Waals surface area contributed by atoms with Gasteiger partial charge in [-0.3, -0.25) is 0 Å². The molecule has 3 nitrogen and oxygen atoms in total. The van der Waals surface area contributed by atoms with Crippen LogP contribution in [0.1, 0.15) is 30.9 Å². The molecule has 0 radical (unpaired) electrons. The number of nitriles is 1. The van der Waals surface area contributed by atoms with Gasteiger partial charge in [0.1, 0.15) is 0 Å². The van der Waals surface area contributed by atoms with E-state index >= 15 is 0 Å². The molecule has 3 heteroatoms. The number of aromatic nitrogens is 2. The lowest BCUT2D eigenvalue weighted by atomic mass is 10.1. The summed E-state index contributed by atoms with van der Waals surface area (Å²) in [6, 6.07) is 18.0. The second kappa shape index (κ2) is 7.52. The molecule has 2 aromatic carbocycles. The quantitative estimate of drug-likeness (QED) is 0.664. The molecule has 0 aliphatic heterocycles. The van der Waals surface area contributed by atoms with Gasteiger partial charge in [0.2, 0.25) is 0 Å². The summed E-state index contributed by atoms with van der Waals surface area (Å²) in [6.45, 7) is 2.21. The molecular formula is C21H19N3. The van der Waals surface area contributed by atoms with Crippen molar-refractivity contribution in [1.82, 2.24) is 9.97 Å². The molecule has 0 unspecified atom stereocenters. The molecule has 24 heavy (non-hydrogen) atoms. The van der Waals surface area contributed by atoms with Crippen LogP contribution in [0.15, 0.2) is 60.9 Å². The molecule has 0 aliphatic carbocycles. The Balaban J connectivity index is 1.77. The Morgan fingerprint density at radius 1 is 0.833 bits per heavy atom. The number of benzene rings is 2. The van der Waals surface area contributed by atoms with Gasteiger partial charge < -0.3 is 0 Å². The van der Waals surface area contributed by atoms with Crippen molar-refractivity contribution in [2.24, 2.45) is 0 Å². The van der Waals surface area contributed by atoms with Gasteiger partial charge >= 0.3 is 0 Å². The van der Waals surface area contributed by atoms with Gasteiger partial charge in [-0.1, -0.05) is 49.7 Å². The number of hydrogen-bond acceptors (Lipinski definition) is 3. The van der Waals surface area contributed by atoms with Crippen molar-refractivity contribution in [3.8, 4) is 28.6 Å². The summed E-state index contributed by atoms with van der Waals surface area (Å²) in [5, 5.41) is 8.85. The van der Waals surface area contributed by atoms with Gasteiger partial charge in [-0.05, 0) is 36.1 Å². The summed E-state index contributed by atoms with van der Waals surface area (Å²) in [6.07, 6.45) is 7.20. The summed E-state index contributed by atoms with van der Waals surface area (Å²) in [4.78, 5) is 8.97. The highest BCUT2D eigenvalue weighted by Gasteiger charge is 2.04. The van der Waals surface area contributed by atoms with Crippen LogP contribution in [0.2, 0.25) is 0 Å². The molecule has 0 N–H and O–H groups in total. The highest BCUT2D eigenvalue weighted by atomic mass is 14.9. The molecule has 118 valence electrons. The molecule has 1 aromatic heterocycles. The van der Waals surface area contributed by atoms with E-state index in [0.29, 0.717) is 5.56 Å². The van der Waals surface area contributed by atoms with Crippen molar-refractivity contribution in [3.63, 3.8) is 0 Å². The summed E-state index contributed by atoms with van der Waals surface area (Å²) in [5.41, 5.74) is 4.99. The van der Waals surface area contributed by atoms with Gasteiger partial charge in [0.05, 0.1) is 11.6 Å². The Kier molecular flexibility index (Phi) is 4.98. The SMILES string of the molecule is CCCCc1ccc(-c2ncc(-c3ccc(C#N)cc3)cn2)cc1. The smallest absolute Gasteiger partial charge is 0.159 e. The molecule has 0 saturated heterocycles. The standard InChI is InChI=1S/C21H19N3/c1-2-3-4-16-5-11-19(12-6-16)21-23-14-20(15-24-21)18-9-7-17(13-22)8-10-18/h5-12,14-15H,2-4H2,1H3. The third kappa shape index (κ3) is 3.67. The number of rotatable bonds is 5. The molecule has 0 amide bonds. The van der Waals surface area contributed by atoms with Crippen molar-refractivity contribution in [2.75, 3.05) is 0 Å². The molecule has 1 heterocycles. The van der Waals surface area contributed by atoms with Gasteiger partial charge in [-0.15, -0.1) is 0 Å². The van der Waals surface area contributed by atoms with Crippen LogP contribution in [0, 0.1) is 11.3 Å². The maximum Gasteiger partial charge on any atom is 0.159 e. The first-order valence-electron chi connectivity index (χ1n) is 8.22. The maximum atomic E-state index is 8.85. The van der Waals surface area contributed by atoms with Crippen molar-refractivity contribution < 1.29 is 0 Å². The van der Waals surface area contributed by atoms with Crippen LogP contribution < -0.4 is 0 Å². The van der Waals surface area contributed by atoms with Crippen molar-refractivity contribution in [3.05, 3.63) is 72.1 Å². The summed E-state index contributed by atoms with van der Waals surface area (Å²) in [5.74, 6) is 0.731. The van der Waals surface area contributed by atoms with E-state index in [1.165, 1.54) is 18.4 Å². The first-order valence-corrected chi connectivity index (χ1v) is 8.22. The van der Waals surface area contributed by atoms with Crippen molar-refractivity contribution in [2.45, 2.75) is 26.2 Å². The molecule has 0 aliphatic rings. The zero-order valence-corrected chi connectivity index (χ0v) is 13.7. The third-order valence-corrected chi connectivity index (χ3v) is 4.03. The number of nitrogens with zero attached hydrogens (tertiary/aromatic N) is 3. The van der Waals surface area contributed by atoms with Crippen LogP contribution in [-0.4, -0.2) is 9.97 Å². The fraction of sp³-hybridized carbons (Fsp3) is 0.190. The minimum absolute atomic E-state index is 0.652. The topological polar surface area (TPSA) is 49.6 Å². The van der Waals surface area contributed by atoms with Gasteiger partial charge in [0.15, 0.2) is 5.82 Å². The molecular weight excluding hydrogens is 294 g/mol. The van der Waals surface area contributed by atoms with Crippen LogP contribution in [0.4, 0.5) is 0 Å². The van der Waals surface area contributed by atoms with Crippen LogP contribution in [0.25, 0.3) is 22.5 Å². The molecule has 0 atom stereocenters. The lowest BCUT2D eigenvalue weighted by Crippen LogP contribution is -1.91. The van der Waals surface area contributed by atoms with E-state index in [0.717, 1.165) is 28.9 Å². The fourth-order valence-electron chi connectivity index (χ4n) is 2.56. The molecule has 3 rings (SSSR count). The van der Waals surface area contributed by atoms with Gasteiger partial charge in [0.25, 0.3) is 0 Å². The first kappa shape index (κ1) is 15.9. The van der Waals surface area contributed by atoms with Crippen LogP contribution in [0.3, 0.4) is 0 Å². The molecule has 3 aromatic rings. The largest absolute Gasteiger partial charge is 0.236 e. The second-order valence-corrected chi connectivity index (χ2v) is 5.78. The zero-order valence-electron chi connectivity index (χ0n) is 13.7. The van der Waals surface area contributed by atoms with Crippen LogP contribution in [-0.2, 0) is 6.42 Å². The third-order valence-electron chi connectivity index (χ3n) is 4.03. The molecule has 0 bridgehead atoms. The average molecular weight is 313 g/mol. The molecule has 0 fully saturated rings. The molecule has 0 saturated carbocycles. The Bertz CT molecular complexity index is 826. The predicted molar refractivity (Wildman–Crippen MR) is 96.2 cm³/mol. The van der Waals surface area contributed by atoms with E-state index in [4.69, 9.17) is 5.26 Å². The zero-order chi connectivity index (χ0) is 16.8. The van der Waals surface area contributed by atoms with Gasteiger partial charge in [-0.2, -0.15) is 5.26 Å². The average Bonchev–Trinajstić information content (AvgIpc) is 2.67. The van der Waals surface area contributed by atoms with E-state index in [-0.39, 0.29) is 0 Å². The van der Waals surface area contributed by atoms with E-state index in [2.05, 4.69) is 47.2 Å². The van der Waals surface area contributed by atoms with Gasteiger partial charge in [-0.25, -0.2) is 9.97 Å². The number of aryl methyl sites for hydroxylation is 1. The van der Waals surface area contributed by atoms with Crippen molar-refractivity contribution >= 4 is 0 Å². The Hall–Kier alpha value is -2.99. The lowest BCUT2D eigenvalue weighted by Gasteiger charge is -2.05. The summed E-state index contributed by atoms with van der Waals surface area (Å²) < 4.78 is 0. The second-order valence-electron chi connectivity index (χ2n) is 5.78. The highest BCUT2D eigenvalue weighted by Crippen LogP contribution is 2.21. The van der Waals surface area contributed by atoms with Gasteiger partial charge in [0, 0.05) is 23.5 Å². The minimum Gasteiger partial charge on any atom is -0.236 e. The number of hydrogen-bond donors (Lipinski definition) is 0.